The number of hydrogen-bond acceptors (Lipinski definition) is 4. The van der Waals surface area contributed by atoms with Gasteiger partial charge in [0.1, 0.15) is 9.84 Å². The van der Waals surface area contributed by atoms with Crippen LogP contribution < -0.4 is 10.6 Å². The normalized spacial score (nSPS) is 25.4. The molecule has 6 nitrogen and oxygen atoms in total. The fraction of sp³-hybridized carbons (Fsp3) is 0.917. The van der Waals surface area contributed by atoms with Crippen LogP contribution in [0.5, 0.6) is 0 Å². The zero-order chi connectivity index (χ0) is 14.7. The molecule has 0 aromatic carbocycles. The van der Waals surface area contributed by atoms with Gasteiger partial charge in [0, 0.05) is 38.4 Å². The summed E-state index contributed by atoms with van der Waals surface area (Å²) in [6, 6.07) is 0.280. The van der Waals surface area contributed by atoms with E-state index in [1.165, 1.54) is 6.26 Å². The summed E-state index contributed by atoms with van der Waals surface area (Å²) in [4.78, 5) is 4.10. The highest BCUT2D eigenvalue weighted by atomic mass is 127. The summed E-state index contributed by atoms with van der Waals surface area (Å²) in [6.45, 7) is 4.65. The van der Waals surface area contributed by atoms with Crippen LogP contribution in [-0.2, 0) is 14.6 Å². The van der Waals surface area contributed by atoms with Crippen molar-refractivity contribution in [3.8, 4) is 0 Å². The summed E-state index contributed by atoms with van der Waals surface area (Å²) in [6.07, 6.45) is 2.40. The number of guanidine groups is 1. The SMILES string of the molecule is CN=C(NCCS(C)(=O)=O)NC1CC(OC)C1(C)C.I. The zero-order valence-electron chi connectivity index (χ0n) is 12.8. The van der Waals surface area contributed by atoms with Crippen LogP contribution in [0.2, 0.25) is 0 Å². The van der Waals surface area contributed by atoms with Crippen LogP contribution in [0.15, 0.2) is 4.99 Å². The van der Waals surface area contributed by atoms with Crippen molar-refractivity contribution in [2.75, 3.05) is 32.7 Å². The Morgan fingerprint density at radius 1 is 1.45 bits per heavy atom. The van der Waals surface area contributed by atoms with Crippen LogP contribution in [0, 0.1) is 5.41 Å². The van der Waals surface area contributed by atoms with E-state index in [2.05, 4.69) is 29.5 Å². The molecule has 0 aromatic heterocycles. The van der Waals surface area contributed by atoms with Crippen molar-refractivity contribution in [3.05, 3.63) is 0 Å². The summed E-state index contributed by atoms with van der Waals surface area (Å²) in [5.74, 6) is 0.735. The van der Waals surface area contributed by atoms with Gasteiger partial charge in [-0.15, -0.1) is 24.0 Å². The average Bonchev–Trinajstić information content (AvgIpc) is 2.29. The average molecular weight is 419 g/mol. The van der Waals surface area contributed by atoms with Crippen LogP contribution >= 0.6 is 24.0 Å². The van der Waals surface area contributed by atoms with E-state index in [-0.39, 0.29) is 47.3 Å². The lowest BCUT2D eigenvalue weighted by Crippen LogP contribution is -2.63. The van der Waals surface area contributed by atoms with Crippen molar-refractivity contribution in [3.63, 3.8) is 0 Å². The predicted octanol–water partition coefficient (Wildman–Crippen LogP) is 0.627. The van der Waals surface area contributed by atoms with Gasteiger partial charge >= 0.3 is 0 Å². The van der Waals surface area contributed by atoms with E-state index in [1.807, 2.05) is 0 Å². The van der Waals surface area contributed by atoms with E-state index < -0.39 is 9.84 Å². The third-order valence-electron chi connectivity index (χ3n) is 3.76. The minimum Gasteiger partial charge on any atom is -0.381 e. The largest absolute Gasteiger partial charge is 0.381 e. The maximum atomic E-state index is 11.1. The van der Waals surface area contributed by atoms with Crippen LogP contribution in [-0.4, -0.2) is 59.2 Å². The Bertz CT molecular complexity index is 437. The second kappa shape index (κ2) is 7.79. The maximum Gasteiger partial charge on any atom is 0.191 e. The smallest absolute Gasteiger partial charge is 0.191 e. The predicted molar refractivity (Wildman–Crippen MR) is 92.6 cm³/mol. The zero-order valence-corrected chi connectivity index (χ0v) is 15.9. The first-order valence-corrected chi connectivity index (χ1v) is 8.44. The van der Waals surface area contributed by atoms with Crippen molar-refractivity contribution in [1.29, 1.82) is 0 Å². The second-order valence-electron chi connectivity index (χ2n) is 5.61. The number of methoxy groups -OCH3 is 1. The molecule has 1 rings (SSSR count). The van der Waals surface area contributed by atoms with Crippen LogP contribution in [0.3, 0.4) is 0 Å². The van der Waals surface area contributed by atoms with Gasteiger partial charge in [-0.3, -0.25) is 4.99 Å². The van der Waals surface area contributed by atoms with Crippen molar-refractivity contribution < 1.29 is 13.2 Å². The fourth-order valence-corrected chi connectivity index (χ4v) is 2.72. The lowest BCUT2D eigenvalue weighted by Gasteiger charge is -2.51. The highest BCUT2D eigenvalue weighted by Gasteiger charge is 2.48. The van der Waals surface area contributed by atoms with E-state index in [4.69, 9.17) is 4.74 Å². The second-order valence-corrected chi connectivity index (χ2v) is 7.87. The number of nitrogens with zero attached hydrogens (tertiary/aromatic N) is 1. The molecule has 1 fully saturated rings. The molecule has 0 radical (unpaired) electrons. The minimum atomic E-state index is -2.95. The standard InChI is InChI=1S/C12H25N3O3S.HI/c1-12(2)9(8-10(12)18-4)15-11(13-3)14-6-7-19(5,16)17;/h9-10H,6-8H2,1-5H3,(H2,13,14,15);1H. The number of hydrogen-bond donors (Lipinski definition) is 2. The molecule has 0 aliphatic heterocycles. The van der Waals surface area contributed by atoms with E-state index in [0.717, 1.165) is 6.42 Å². The van der Waals surface area contributed by atoms with Crippen molar-refractivity contribution in [1.82, 2.24) is 10.6 Å². The molecule has 0 bridgehead atoms. The Hall–Kier alpha value is -0.0900. The van der Waals surface area contributed by atoms with Gasteiger partial charge in [0.15, 0.2) is 5.96 Å². The van der Waals surface area contributed by atoms with Crippen molar-refractivity contribution in [2.45, 2.75) is 32.4 Å². The number of aliphatic imine (C=N–C) groups is 1. The highest BCUT2D eigenvalue weighted by Crippen LogP contribution is 2.42. The van der Waals surface area contributed by atoms with Crippen molar-refractivity contribution in [2.24, 2.45) is 10.4 Å². The first kappa shape index (κ1) is 19.9. The van der Waals surface area contributed by atoms with E-state index >= 15 is 0 Å². The Balaban J connectivity index is 0.00000361. The first-order chi connectivity index (χ1) is 8.70. The van der Waals surface area contributed by atoms with Gasteiger partial charge in [0.05, 0.1) is 11.9 Å². The summed E-state index contributed by atoms with van der Waals surface area (Å²) in [5.41, 5.74) is 0.0448. The van der Waals surface area contributed by atoms with Gasteiger partial charge in [-0.25, -0.2) is 8.42 Å². The molecule has 8 heteroatoms. The molecule has 0 saturated heterocycles. The maximum absolute atomic E-state index is 11.1. The van der Waals surface area contributed by atoms with Gasteiger partial charge in [0.2, 0.25) is 0 Å². The molecule has 1 aliphatic rings. The minimum absolute atomic E-state index is 0. The molecular formula is C12H26IN3O3S. The summed E-state index contributed by atoms with van der Waals surface area (Å²) in [7, 11) is 0.451. The third kappa shape index (κ3) is 5.36. The number of rotatable bonds is 5. The molecule has 20 heavy (non-hydrogen) atoms. The lowest BCUT2D eigenvalue weighted by molar-refractivity contribution is -0.0922. The third-order valence-corrected chi connectivity index (χ3v) is 4.71. The molecule has 2 unspecified atom stereocenters. The van der Waals surface area contributed by atoms with Gasteiger partial charge in [-0.05, 0) is 6.42 Å². The first-order valence-electron chi connectivity index (χ1n) is 6.38. The van der Waals surface area contributed by atoms with Crippen LogP contribution in [0.1, 0.15) is 20.3 Å². The lowest BCUT2D eigenvalue weighted by atomic mass is 9.64. The molecule has 2 atom stereocenters. The quantitative estimate of drug-likeness (QED) is 0.388. The highest BCUT2D eigenvalue weighted by molar-refractivity contribution is 14.0. The Labute approximate surface area is 139 Å². The molecule has 2 N–H and O–H groups in total. The van der Waals surface area contributed by atoms with Crippen molar-refractivity contribution >= 4 is 39.8 Å². The molecular weight excluding hydrogens is 393 g/mol. The van der Waals surface area contributed by atoms with Gasteiger partial charge < -0.3 is 15.4 Å². The van der Waals surface area contributed by atoms with Gasteiger partial charge in [0.25, 0.3) is 0 Å². The topological polar surface area (TPSA) is 79.8 Å². The molecule has 0 heterocycles. The van der Waals surface area contributed by atoms with Crippen LogP contribution in [0.25, 0.3) is 0 Å². The number of halogens is 1. The summed E-state index contributed by atoms with van der Waals surface area (Å²) >= 11 is 0. The Morgan fingerprint density at radius 2 is 2.05 bits per heavy atom. The number of nitrogens with one attached hydrogen (secondary N) is 2. The molecule has 0 amide bonds. The molecule has 0 aromatic rings. The molecule has 120 valence electrons. The van der Waals surface area contributed by atoms with Gasteiger partial charge in [-0.2, -0.15) is 0 Å². The van der Waals surface area contributed by atoms with Crippen LogP contribution in [0.4, 0.5) is 0 Å². The molecule has 1 aliphatic carbocycles. The molecule has 1 saturated carbocycles. The monoisotopic (exact) mass is 419 g/mol. The Morgan fingerprint density at radius 3 is 2.45 bits per heavy atom. The van der Waals surface area contributed by atoms with E-state index in [1.54, 1.807) is 14.2 Å². The summed E-state index contributed by atoms with van der Waals surface area (Å²) < 4.78 is 27.5. The Kier molecular flexibility index (Phi) is 7.75. The summed E-state index contributed by atoms with van der Waals surface area (Å²) in [5, 5.41) is 6.32. The van der Waals surface area contributed by atoms with Gasteiger partial charge in [-0.1, -0.05) is 13.8 Å². The fourth-order valence-electron chi connectivity index (χ4n) is 2.24. The van der Waals surface area contributed by atoms with E-state index in [0.29, 0.717) is 12.5 Å². The van der Waals surface area contributed by atoms with E-state index in [9.17, 15) is 8.42 Å². The number of sulfone groups is 1. The molecule has 0 spiro atoms. The number of ether oxygens (including phenoxy) is 1.